The summed E-state index contributed by atoms with van der Waals surface area (Å²) in [5.74, 6) is -2.85. The molecule has 1 saturated heterocycles. The molecular weight excluding hydrogens is 569 g/mol. The second kappa shape index (κ2) is 12.7. The Morgan fingerprint density at radius 1 is 1.18 bits per heavy atom. The van der Waals surface area contributed by atoms with E-state index in [4.69, 9.17) is 15.6 Å². The summed E-state index contributed by atoms with van der Waals surface area (Å²) in [6.45, 7) is 6.74. The molecule has 1 aliphatic heterocycles. The Hall–Kier alpha value is -2.94. The first-order valence-electron chi connectivity index (χ1n) is 12.7. The van der Waals surface area contributed by atoms with Crippen molar-refractivity contribution in [2.75, 3.05) is 32.4 Å². The Morgan fingerprint density at radius 3 is 2.33 bits per heavy atom. The third-order valence-electron chi connectivity index (χ3n) is 6.93. The highest BCUT2D eigenvalue weighted by Gasteiger charge is 2.38. The molecule has 3 aromatic rings. The first kappa shape index (κ1) is 31.6. The number of hydrogen-bond donors (Lipinski definition) is 3. The van der Waals surface area contributed by atoms with E-state index in [2.05, 4.69) is 41.4 Å². The number of aromatic nitrogens is 1. The summed E-state index contributed by atoms with van der Waals surface area (Å²) < 4.78 is 57.8. The summed E-state index contributed by atoms with van der Waals surface area (Å²) in [5.41, 5.74) is 10.2. The number of sulfonamides is 1. The van der Waals surface area contributed by atoms with Crippen LogP contribution in [0.3, 0.4) is 0 Å². The van der Waals surface area contributed by atoms with Crippen molar-refractivity contribution in [2.45, 2.75) is 45.3 Å². The number of nitrogens with one attached hydrogen (secondary N) is 1. The minimum absolute atomic E-state index is 0.132. The van der Waals surface area contributed by atoms with Crippen molar-refractivity contribution in [1.29, 1.82) is 0 Å². The highest BCUT2D eigenvalue weighted by atomic mass is 32.2. The van der Waals surface area contributed by atoms with Gasteiger partial charge in [-0.25, -0.2) is 17.5 Å². The maximum absolute atomic E-state index is 12.3. The Balaban J connectivity index is 0.000000559. The number of carboxylic acids is 1. The lowest BCUT2D eigenvalue weighted by Gasteiger charge is -2.31. The van der Waals surface area contributed by atoms with Gasteiger partial charge in [0.25, 0.3) is 5.91 Å². The van der Waals surface area contributed by atoms with Crippen molar-refractivity contribution in [2.24, 2.45) is 5.73 Å². The number of benzene rings is 1. The maximum Gasteiger partial charge on any atom is 0.490 e. The van der Waals surface area contributed by atoms with E-state index >= 15 is 0 Å². The average Bonchev–Trinajstić information content (AvgIpc) is 3.55. The van der Waals surface area contributed by atoms with E-state index in [0.717, 1.165) is 53.5 Å². The fourth-order valence-corrected chi connectivity index (χ4v) is 6.68. The molecule has 4 N–H and O–H groups in total. The van der Waals surface area contributed by atoms with E-state index in [-0.39, 0.29) is 11.7 Å². The lowest BCUT2D eigenvalue weighted by atomic mass is 9.88. The number of alkyl halides is 3. The van der Waals surface area contributed by atoms with Gasteiger partial charge in [0, 0.05) is 36.1 Å². The molecule has 1 fully saturated rings. The zero-order chi connectivity index (χ0) is 29.8. The van der Waals surface area contributed by atoms with Crippen LogP contribution in [0.15, 0.2) is 29.8 Å². The summed E-state index contributed by atoms with van der Waals surface area (Å²) in [7, 11) is -1.07. The van der Waals surface area contributed by atoms with Crippen molar-refractivity contribution in [3.63, 3.8) is 0 Å². The van der Waals surface area contributed by atoms with Crippen LogP contribution in [-0.4, -0.2) is 78.2 Å². The lowest BCUT2D eigenvalue weighted by Crippen LogP contribution is -2.38. The number of fused-ring (bicyclic) bond motifs is 1. The normalized spacial score (nSPS) is 15.3. The topological polar surface area (TPSA) is 137 Å². The van der Waals surface area contributed by atoms with Gasteiger partial charge in [-0.1, -0.05) is 6.92 Å². The van der Waals surface area contributed by atoms with Crippen molar-refractivity contribution in [3.8, 4) is 11.1 Å². The van der Waals surface area contributed by atoms with Crippen molar-refractivity contribution in [3.05, 3.63) is 45.8 Å². The van der Waals surface area contributed by atoms with Gasteiger partial charge in [0.15, 0.2) is 0 Å². The van der Waals surface area contributed by atoms with Crippen molar-refractivity contribution in [1.82, 2.24) is 14.2 Å². The second-order valence-corrected chi connectivity index (χ2v) is 12.8. The first-order chi connectivity index (χ1) is 18.7. The number of hydrogen-bond acceptors (Lipinski definition) is 6. The van der Waals surface area contributed by atoms with Crippen LogP contribution in [0, 0.1) is 0 Å². The largest absolute Gasteiger partial charge is 0.490 e. The molecular formula is C26H33F3N4O5S2. The predicted octanol–water partition coefficient (Wildman–Crippen LogP) is 4.61. The van der Waals surface area contributed by atoms with E-state index in [1.54, 1.807) is 22.6 Å². The van der Waals surface area contributed by atoms with Gasteiger partial charge in [0.1, 0.15) is 0 Å². The van der Waals surface area contributed by atoms with Gasteiger partial charge < -0.3 is 20.7 Å². The number of aromatic amines is 1. The standard InChI is InChI=1S/C24H32N4O3S2.C2HF3O2/c1-4-27(3)14-19-10-18(15-32-19)17-11-20-22(13-26-23(20)21(12-17)24(25)29)16-6-8-28(9-7-16)33(30,31)5-2;3-2(4,5)1(6)7/h10-13,15-16,26H,4-9,14H2,1-3H3,(H2,25,29);(H,6,7). The SMILES string of the molecule is CCN(C)Cc1cc(-c2cc(C(N)=O)c3[nH]cc(C4CCN(S(=O)(=O)CC)CC4)c3c2)cs1.O=C(O)C(F)(F)F. The lowest BCUT2D eigenvalue weighted by molar-refractivity contribution is -0.192. The van der Waals surface area contributed by atoms with Crippen molar-refractivity contribution >= 4 is 44.1 Å². The number of halogens is 3. The fourth-order valence-electron chi connectivity index (χ4n) is 4.57. The van der Waals surface area contributed by atoms with Crippen LogP contribution >= 0.6 is 11.3 Å². The Kier molecular flexibility index (Phi) is 10.0. The summed E-state index contributed by atoms with van der Waals surface area (Å²) >= 11 is 1.72. The van der Waals surface area contributed by atoms with Crippen LogP contribution in [0.4, 0.5) is 13.2 Å². The molecule has 0 atom stereocenters. The Bertz CT molecular complexity index is 1460. The number of carboxylic acid groups (broad SMARTS) is 1. The second-order valence-electron chi connectivity index (χ2n) is 9.56. The molecule has 0 saturated carbocycles. The molecule has 220 valence electrons. The van der Waals surface area contributed by atoms with E-state index in [1.807, 2.05) is 12.3 Å². The molecule has 40 heavy (non-hydrogen) atoms. The summed E-state index contributed by atoms with van der Waals surface area (Å²) in [4.78, 5) is 28.0. The number of nitrogens with zero attached hydrogens (tertiary/aromatic N) is 2. The number of nitrogens with two attached hydrogens (primary N) is 1. The van der Waals surface area contributed by atoms with Gasteiger partial charge in [-0.3, -0.25) is 4.79 Å². The third-order valence-corrected chi connectivity index (χ3v) is 9.74. The van der Waals surface area contributed by atoms with Gasteiger partial charge in [0.2, 0.25) is 10.0 Å². The maximum atomic E-state index is 12.3. The highest BCUT2D eigenvalue weighted by Crippen LogP contribution is 2.38. The van der Waals surface area contributed by atoms with Crippen LogP contribution < -0.4 is 5.73 Å². The summed E-state index contributed by atoms with van der Waals surface area (Å²) in [5, 5.41) is 10.3. The van der Waals surface area contributed by atoms with Gasteiger partial charge in [-0.2, -0.15) is 13.2 Å². The molecule has 1 aliphatic rings. The monoisotopic (exact) mass is 602 g/mol. The van der Waals surface area contributed by atoms with Crippen LogP contribution in [0.25, 0.3) is 22.0 Å². The summed E-state index contributed by atoms with van der Waals surface area (Å²) in [6.07, 6.45) is -1.60. The molecule has 0 bridgehead atoms. The number of rotatable bonds is 8. The van der Waals surface area contributed by atoms with Gasteiger partial charge >= 0.3 is 12.1 Å². The highest BCUT2D eigenvalue weighted by molar-refractivity contribution is 7.89. The van der Waals surface area contributed by atoms with E-state index in [1.165, 1.54) is 4.88 Å². The first-order valence-corrected chi connectivity index (χ1v) is 15.2. The molecule has 2 aromatic heterocycles. The van der Waals surface area contributed by atoms with E-state index < -0.39 is 28.1 Å². The fraction of sp³-hybridized carbons (Fsp3) is 0.462. The van der Waals surface area contributed by atoms with Gasteiger partial charge in [0.05, 0.1) is 16.8 Å². The number of aliphatic carboxylic acids is 1. The number of carbonyl (C=O) groups excluding carboxylic acids is 1. The number of thiophene rings is 1. The zero-order valence-corrected chi connectivity index (χ0v) is 24.0. The predicted molar refractivity (Wildman–Crippen MR) is 149 cm³/mol. The quantitative estimate of drug-likeness (QED) is 0.345. The van der Waals surface area contributed by atoms with E-state index in [9.17, 15) is 26.4 Å². The third kappa shape index (κ3) is 7.42. The smallest absolute Gasteiger partial charge is 0.475 e. The minimum Gasteiger partial charge on any atom is -0.475 e. The van der Waals surface area contributed by atoms with Crippen molar-refractivity contribution < 1.29 is 36.3 Å². The van der Waals surface area contributed by atoms with Crippen LogP contribution in [0.2, 0.25) is 0 Å². The molecule has 14 heteroatoms. The number of amides is 1. The summed E-state index contributed by atoms with van der Waals surface area (Å²) in [6, 6.07) is 6.19. The molecule has 0 spiro atoms. The average molecular weight is 603 g/mol. The van der Waals surface area contributed by atoms with Crippen LogP contribution in [-0.2, 0) is 21.4 Å². The Morgan fingerprint density at radius 2 is 1.80 bits per heavy atom. The van der Waals surface area contributed by atoms with Crippen LogP contribution in [0.5, 0.6) is 0 Å². The molecule has 3 heterocycles. The Labute approximate surface area is 234 Å². The molecule has 0 radical (unpaired) electrons. The molecule has 0 unspecified atom stereocenters. The van der Waals surface area contributed by atoms with E-state index in [0.29, 0.717) is 18.7 Å². The zero-order valence-electron chi connectivity index (χ0n) is 22.4. The molecule has 1 amide bonds. The van der Waals surface area contributed by atoms with Gasteiger partial charge in [-0.05, 0) is 79.5 Å². The number of piperidine rings is 1. The number of primary amides is 1. The molecule has 4 rings (SSSR count). The molecule has 1 aromatic carbocycles. The molecule has 0 aliphatic carbocycles. The number of carbonyl (C=O) groups is 2. The van der Waals surface area contributed by atoms with Gasteiger partial charge in [-0.15, -0.1) is 11.3 Å². The minimum atomic E-state index is -5.08. The molecule has 9 nitrogen and oxygen atoms in total. The number of H-pyrrole nitrogens is 1. The van der Waals surface area contributed by atoms with Crippen LogP contribution in [0.1, 0.15) is 53.4 Å².